The summed E-state index contributed by atoms with van der Waals surface area (Å²) in [5, 5.41) is 31.0. The van der Waals surface area contributed by atoms with Crippen molar-refractivity contribution >= 4 is 41.4 Å². The summed E-state index contributed by atoms with van der Waals surface area (Å²) in [6.07, 6.45) is -2.37. The number of aliphatic hydroxyl groups is 2. The van der Waals surface area contributed by atoms with Gasteiger partial charge in [-0.2, -0.15) is 0 Å². The summed E-state index contributed by atoms with van der Waals surface area (Å²) in [6.45, 7) is 13.2. The normalized spacial score (nSPS) is 16.3. The van der Waals surface area contributed by atoms with Crippen LogP contribution in [0.15, 0.2) is 48.5 Å². The molecule has 6 amide bonds. The van der Waals surface area contributed by atoms with E-state index in [4.69, 9.17) is 80.6 Å². The topological polar surface area (TPSA) is 368 Å². The molecule has 0 saturated carbocycles. The summed E-state index contributed by atoms with van der Waals surface area (Å²) < 4.78 is 88.1. The quantitative estimate of drug-likeness (QED) is 0.0377. The zero-order valence-electron chi connectivity index (χ0n) is 54.1. The average Bonchev–Trinajstić information content (AvgIpc) is 1.72. The van der Waals surface area contributed by atoms with E-state index in [1.54, 1.807) is 37.3 Å². The highest BCUT2D eigenvalue weighted by Gasteiger charge is 2.35. The number of benzene rings is 2. The summed E-state index contributed by atoms with van der Waals surface area (Å²) in [7, 11) is 0. The van der Waals surface area contributed by atoms with Crippen molar-refractivity contribution < 1.29 is 124 Å². The van der Waals surface area contributed by atoms with Crippen LogP contribution in [0.25, 0.3) is 11.1 Å². The highest BCUT2D eigenvalue weighted by molar-refractivity contribution is 6.01. The van der Waals surface area contributed by atoms with Gasteiger partial charge in [-0.15, -0.1) is 5.06 Å². The van der Waals surface area contributed by atoms with Crippen LogP contribution in [-0.4, -0.2) is 292 Å². The first kappa shape index (κ1) is 80.5. The maximum absolute atomic E-state index is 12.8. The van der Waals surface area contributed by atoms with Gasteiger partial charge in [0.15, 0.2) is 12.9 Å². The third-order valence-electron chi connectivity index (χ3n) is 13.3. The van der Waals surface area contributed by atoms with E-state index in [-0.39, 0.29) is 108 Å². The Bertz CT molecular complexity index is 2360. The SMILES string of the molecule is C[C@@H]1O[C@@H](OCCOCCNC(=O)CCOCCOCCOCCOCCOCCOCCOCCOCCOCCOCCOCCOCCNC(=O)COc2ccc(-c3cccc(C(=O)NCCNC(=O)CCCC(=O)ON4C(=O)CCC4=O)c3)cc2)[C@H](O)C[C@H]1O. The second kappa shape index (κ2) is 53.2. The van der Waals surface area contributed by atoms with Crippen molar-refractivity contribution in [1.82, 2.24) is 26.3 Å². The fourth-order valence-corrected chi connectivity index (χ4v) is 8.27. The Hall–Kier alpha value is -5.95. The number of hydroxylamine groups is 2. The van der Waals surface area contributed by atoms with Crippen LogP contribution in [0.1, 0.15) is 62.2 Å². The Morgan fingerprint density at radius 1 is 0.468 bits per heavy atom. The second-order valence-electron chi connectivity index (χ2n) is 20.8. The number of nitrogens with zero attached hydrogens (tertiary/aromatic N) is 1. The molecule has 0 aliphatic carbocycles. The predicted molar refractivity (Wildman–Crippen MR) is 332 cm³/mol. The molecule has 2 aliphatic rings. The van der Waals surface area contributed by atoms with E-state index >= 15 is 0 Å². The molecule has 4 rings (SSSR count). The molecule has 0 radical (unpaired) electrons. The smallest absolute Gasteiger partial charge is 0.333 e. The first-order valence-corrected chi connectivity index (χ1v) is 32.0. The Morgan fingerprint density at radius 2 is 0.894 bits per heavy atom. The second-order valence-corrected chi connectivity index (χ2v) is 20.8. The minimum Gasteiger partial charge on any atom is -0.484 e. The van der Waals surface area contributed by atoms with E-state index < -0.39 is 42.4 Å². The fourth-order valence-electron chi connectivity index (χ4n) is 8.27. The zero-order valence-corrected chi connectivity index (χ0v) is 54.1. The van der Waals surface area contributed by atoms with Gasteiger partial charge in [0.2, 0.25) is 11.8 Å². The van der Waals surface area contributed by atoms with E-state index in [1.807, 2.05) is 18.2 Å². The van der Waals surface area contributed by atoms with Gasteiger partial charge in [-0.25, -0.2) is 4.79 Å². The molecule has 2 fully saturated rings. The fraction of sp³-hybridized carbons (Fsp3) is 0.698. The molecule has 532 valence electrons. The molecular formula is C63H99N5O26. The van der Waals surface area contributed by atoms with Gasteiger partial charge in [-0.1, -0.05) is 24.3 Å². The molecule has 0 unspecified atom stereocenters. The van der Waals surface area contributed by atoms with Gasteiger partial charge in [0.1, 0.15) is 11.9 Å². The molecule has 2 aliphatic heterocycles. The molecule has 94 heavy (non-hydrogen) atoms. The Balaban J connectivity index is 0.783. The van der Waals surface area contributed by atoms with E-state index in [0.29, 0.717) is 188 Å². The molecule has 2 saturated heterocycles. The monoisotopic (exact) mass is 1340 g/mol. The van der Waals surface area contributed by atoms with Gasteiger partial charge in [0, 0.05) is 70.3 Å². The highest BCUT2D eigenvalue weighted by Crippen LogP contribution is 2.24. The minimum absolute atomic E-state index is 0.00161. The van der Waals surface area contributed by atoms with Gasteiger partial charge in [-0.05, 0) is 48.7 Å². The molecule has 31 heteroatoms. The first-order valence-electron chi connectivity index (χ1n) is 32.0. The lowest BCUT2D eigenvalue weighted by Crippen LogP contribution is -2.47. The molecule has 0 spiro atoms. The maximum Gasteiger partial charge on any atom is 0.333 e. The first-order chi connectivity index (χ1) is 45.9. The number of carbonyl (C=O) groups is 7. The van der Waals surface area contributed by atoms with E-state index in [1.165, 1.54) is 0 Å². The number of nitrogens with one attached hydrogen (secondary N) is 4. The number of aliphatic hydroxyl groups excluding tert-OH is 2. The largest absolute Gasteiger partial charge is 0.484 e. The van der Waals surface area contributed by atoms with Crippen molar-refractivity contribution in [3.63, 3.8) is 0 Å². The summed E-state index contributed by atoms with van der Waals surface area (Å²) >= 11 is 0. The molecule has 2 aromatic carbocycles. The van der Waals surface area contributed by atoms with E-state index in [0.717, 1.165) is 11.1 Å². The van der Waals surface area contributed by atoms with Crippen molar-refractivity contribution in [2.24, 2.45) is 0 Å². The highest BCUT2D eigenvalue weighted by atomic mass is 16.7. The molecule has 6 N–H and O–H groups in total. The van der Waals surface area contributed by atoms with Gasteiger partial charge in [0.05, 0.1) is 191 Å². The van der Waals surface area contributed by atoms with Crippen LogP contribution >= 0.6 is 0 Å². The lowest BCUT2D eigenvalue weighted by Gasteiger charge is -2.35. The van der Waals surface area contributed by atoms with Crippen LogP contribution in [0.4, 0.5) is 0 Å². The van der Waals surface area contributed by atoms with Crippen molar-refractivity contribution in [2.45, 2.75) is 76.5 Å². The molecule has 31 nitrogen and oxygen atoms in total. The van der Waals surface area contributed by atoms with Crippen molar-refractivity contribution in [1.29, 1.82) is 0 Å². The molecule has 2 heterocycles. The van der Waals surface area contributed by atoms with Crippen molar-refractivity contribution in [3.8, 4) is 16.9 Å². The van der Waals surface area contributed by atoms with Gasteiger partial charge >= 0.3 is 5.97 Å². The molecule has 4 atom stereocenters. The number of hydrogen-bond acceptors (Lipinski definition) is 26. The van der Waals surface area contributed by atoms with Crippen molar-refractivity contribution in [2.75, 3.05) is 211 Å². The van der Waals surface area contributed by atoms with E-state index in [9.17, 15) is 43.8 Å². The number of carbonyl (C=O) groups excluding carboxylic acids is 7. The summed E-state index contributed by atoms with van der Waals surface area (Å²) in [4.78, 5) is 89.1. The van der Waals surface area contributed by atoms with Crippen LogP contribution in [0.2, 0.25) is 0 Å². The number of imide groups is 1. The number of hydrogen-bond donors (Lipinski definition) is 6. The minimum atomic E-state index is -0.892. The van der Waals surface area contributed by atoms with Crippen LogP contribution in [0, 0.1) is 0 Å². The average molecular weight is 1340 g/mol. The van der Waals surface area contributed by atoms with Crippen LogP contribution in [-0.2, 0) is 105 Å². The predicted octanol–water partition coefficient (Wildman–Crippen LogP) is 0.0675. The lowest BCUT2D eigenvalue weighted by molar-refractivity contribution is -0.263. The Kier molecular flexibility index (Phi) is 45.6. The number of ether oxygens (including phenoxy) is 16. The van der Waals surface area contributed by atoms with Crippen LogP contribution in [0.5, 0.6) is 5.75 Å². The molecule has 2 aromatic rings. The molecule has 0 aromatic heterocycles. The van der Waals surface area contributed by atoms with Crippen LogP contribution < -0.4 is 26.0 Å². The van der Waals surface area contributed by atoms with E-state index in [2.05, 4.69) is 21.3 Å². The zero-order chi connectivity index (χ0) is 67.3. The van der Waals surface area contributed by atoms with Crippen molar-refractivity contribution in [3.05, 3.63) is 54.1 Å². The number of rotatable bonds is 59. The standard InChI is InChI=1S/C63H99N5O26/c1-49-54(69)47-55(70)63(93-49)91-45-44-80-20-17-65-57(72)14-19-78-22-24-81-26-28-83-30-32-85-34-36-87-38-40-89-42-43-90-41-39-88-37-35-86-33-31-84-29-27-82-25-23-79-21-18-66-58(73)48-92-53-10-8-50(9-11-53)51-4-2-5-52(46-51)62(77)67-16-15-64-56(71)6-3-7-61(76)94-68-59(74)12-13-60(68)75/h2,4-5,8-11,46,49,54-55,63,69-70H,3,6-7,12-45,47-48H2,1H3,(H,64,71)(H,65,72)(H,66,73)(H,67,77)/t49-,54+,55+,63+/m0/s1. The number of amides is 6. The molecular weight excluding hydrogens is 1240 g/mol. The van der Waals surface area contributed by atoms with Crippen LogP contribution in [0.3, 0.4) is 0 Å². The van der Waals surface area contributed by atoms with Gasteiger partial charge in [-0.3, -0.25) is 28.8 Å². The summed E-state index contributed by atoms with van der Waals surface area (Å²) in [5.41, 5.74) is 2.03. The summed E-state index contributed by atoms with van der Waals surface area (Å²) in [6, 6.07) is 14.1. The van der Waals surface area contributed by atoms with Gasteiger partial charge < -0.3 is 112 Å². The third-order valence-corrected chi connectivity index (χ3v) is 13.3. The third kappa shape index (κ3) is 39.8. The van der Waals surface area contributed by atoms with Gasteiger partial charge in [0.25, 0.3) is 23.6 Å². The Labute approximate surface area is 549 Å². The summed E-state index contributed by atoms with van der Waals surface area (Å²) in [5.74, 6) is -2.53. The molecule has 0 bridgehead atoms. The Morgan fingerprint density at radius 3 is 1.39 bits per heavy atom. The lowest BCUT2D eigenvalue weighted by atomic mass is 10.0. The maximum atomic E-state index is 12.8.